The number of hydrogen-bond acceptors (Lipinski definition) is 3. The smallest absolute Gasteiger partial charge is 0.330 e. The molecule has 16 heavy (non-hydrogen) atoms. The number of aromatic amines is 1. The lowest BCUT2D eigenvalue weighted by Crippen LogP contribution is -2.32. The number of alkyl halides is 4. The molecule has 0 fully saturated rings. The van der Waals surface area contributed by atoms with E-state index in [1.54, 1.807) is 0 Å². The zero-order chi connectivity index (χ0) is 12.2. The van der Waals surface area contributed by atoms with Gasteiger partial charge in [0.15, 0.2) is 0 Å². The Labute approximate surface area is 87.3 Å². The minimum atomic E-state index is -4.20. The fourth-order valence-corrected chi connectivity index (χ4v) is 0.831. The third-order valence-corrected chi connectivity index (χ3v) is 1.58. The number of rotatable bonds is 5. The second kappa shape index (κ2) is 5.06. The molecule has 0 radical (unpaired) electrons. The number of ether oxygens (including phenoxy) is 1. The third-order valence-electron chi connectivity index (χ3n) is 1.58. The van der Waals surface area contributed by atoms with Gasteiger partial charge in [0.05, 0.1) is 0 Å². The zero-order valence-electron chi connectivity index (χ0n) is 7.92. The molecule has 0 aliphatic carbocycles. The highest BCUT2D eigenvalue weighted by molar-refractivity contribution is 4.87. The predicted molar refractivity (Wildman–Crippen MR) is 45.5 cm³/mol. The maximum absolute atomic E-state index is 12.4. The SMILES string of the molecule is O=c1ccnc(COCC(F)(F)C(F)F)[nH]1. The normalized spacial score (nSPS) is 12.1. The van der Waals surface area contributed by atoms with Gasteiger partial charge in [0.1, 0.15) is 19.0 Å². The maximum atomic E-state index is 12.4. The number of halogens is 4. The number of H-pyrrole nitrogens is 1. The molecule has 0 aliphatic rings. The summed E-state index contributed by atoms with van der Waals surface area (Å²) in [5.41, 5.74) is -0.478. The van der Waals surface area contributed by atoms with Crippen LogP contribution in [-0.4, -0.2) is 28.9 Å². The van der Waals surface area contributed by atoms with Crippen LogP contribution in [-0.2, 0) is 11.3 Å². The Hall–Kier alpha value is -1.44. The second-order valence-electron chi connectivity index (χ2n) is 2.94. The van der Waals surface area contributed by atoms with Gasteiger partial charge in [0, 0.05) is 12.3 Å². The van der Waals surface area contributed by atoms with Crippen LogP contribution >= 0.6 is 0 Å². The van der Waals surface area contributed by atoms with Gasteiger partial charge in [-0.2, -0.15) is 8.78 Å². The third kappa shape index (κ3) is 3.61. The molecule has 0 amide bonds. The van der Waals surface area contributed by atoms with Crippen molar-refractivity contribution >= 4 is 0 Å². The van der Waals surface area contributed by atoms with Crippen molar-refractivity contribution < 1.29 is 22.3 Å². The molecule has 0 saturated carbocycles. The van der Waals surface area contributed by atoms with Gasteiger partial charge in [0.25, 0.3) is 5.56 Å². The molecule has 8 heteroatoms. The van der Waals surface area contributed by atoms with Crippen LogP contribution in [0.2, 0.25) is 0 Å². The van der Waals surface area contributed by atoms with E-state index in [2.05, 4.69) is 14.7 Å². The first-order valence-electron chi connectivity index (χ1n) is 4.20. The van der Waals surface area contributed by atoms with Crippen LogP contribution in [0.3, 0.4) is 0 Å². The van der Waals surface area contributed by atoms with Crippen molar-refractivity contribution in [3.05, 3.63) is 28.4 Å². The lowest BCUT2D eigenvalue weighted by Gasteiger charge is -2.14. The largest absolute Gasteiger partial charge is 0.367 e. The summed E-state index contributed by atoms with van der Waals surface area (Å²) >= 11 is 0. The van der Waals surface area contributed by atoms with Crippen LogP contribution in [0.25, 0.3) is 0 Å². The summed E-state index contributed by atoms with van der Waals surface area (Å²) in [7, 11) is 0. The number of nitrogens with zero attached hydrogens (tertiary/aromatic N) is 1. The molecular formula is C8H8F4N2O2. The first-order valence-corrected chi connectivity index (χ1v) is 4.20. The monoisotopic (exact) mass is 240 g/mol. The number of nitrogens with one attached hydrogen (secondary N) is 1. The summed E-state index contributed by atoms with van der Waals surface area (Å²) in [5.74, 6) is -4.20. The average Bonchev–Trinajstić information content (AvgIpc) is 2.17. The number of aromatic nitrogens is 2. The van der Waals surface area contributed by atoms with Crippen LogP contribution in [0.5, 0.6) is 0 Å². The highest BCUT2D eigenvalue weighted by atomic mass is 19.3. The fourth-order valence-electron chi connectivity index (χ4n) is 0.831. The van der Waals surface area contributed by atoms with E-state index in [1.807, 2.05) is 0 Å². The van der Waals surface area contributed by atoms with Crippen LogP contribution in [0.15, 0.2) is 17.1 Å². The average molecular weight is 240 g/mol. The summed E-state index contributed by atoms with van der Waals surface area (Å²) in [6.07, 6.45) is -2.63. The molecular weight excluding hydrogens is 232 g/mol. The van der Waals surface area contributed by atoms with Gasteiger partial charge in [-0.1, -0.05) is 0 Å². The Morgan fingerprint density at radius 1 is 1.50 bits per heavy atom. The Bertz CT molecular complexity index is 394. The van der Waals surface area contributed by atoms with Crippen molar-refractivity contribution in [2.24, 2.45) is 0 Å². The van der Waals surface area contributed by atoms with E-state index in [0.29, 0.717) is 0 Å². The van der Waals surface area contributed by atoms with Crippen LogP contribution in [0.4, 0.5) is 17.6 Å². The molecule has 0 aromatic carbocycles. The Morgan fingerprint density at radius 3 is 2.75 bits per heavy atom. The topological polar surface area (TPSA) is 55.0 Å². The fraction of sp³-hybridized carbons (Fsp3) is 0.500. The Balaban J connectivity index is 2.45. The highest BCUT2D eigenvalue weighted by Gasteiger charge is 2.40. The molecule has 0 saturated heterocycles. The Morgan fingerprint density at radius 2 is 2.19 bits per heavy atom. The molecule has 0 unspecified atom stereocenters. The van der Waals surface area contributed by atoms with Crippen LogP contribution in [0, 0.1) is 0 Å². The summed E-state index contributed by atoms with van der Waals surface area (Å²) in [5, 5.41) is 0. The van der Waals surface area contributed by atoms with E-state index in [1.165, 1.54) is 0 Å². The van der Waals surface area contributed by atoms with E-state index in [0.717, 1.165) is 12.3 Å². The molecule has 90 valence electrons. The minimum Gasteiger partial charge on any atom is -0.367 e. The quantitative estimate of drug-likeness (QED) is 0.786. The molecule has 0 bridgehead atoms. The van der Waals surface area contributed by atoms with Crippen molar-refractivity contribution in [3.63, 3.8) is 0 Å². The first-order chi connectivity index (χ1) is 7.42. The molecule has 1 aromatic heterocycles. The van der Waals surface area contributed by atoms with Gasteiger partial charge in [0.2, 0.25) is 0 Å². The zero-order valence-corrected chi connectivity index (χ0v) is 7.92. The summed E-state index contributed by atoms with van der Waals surface area (Å²) < 4.78 is 52.5. The van der Waals surface area contributed by atoms with E-state index in [9.17, 15) is 22.4 Å². The predicted octanol–water partition coefficient (Wildman–Crippen LogP) is 1.19. The van der Waals surface area contributed by atoms with Crippen molar-refractivity contribution in [3.8, 4) is 0 Å². The van der Waals surface area contributed by atoms with E-state index >= 15 is 0 Å². The van der Waals surface area contributed by atoms with Crippen molar-refractivity contribution in [2.45, 2.75) is 19.0 Å². The standard InChI is InChI=1S/C8H8F4N2O2/c9-7(10)8(11,12)4-16-3-5-13-2-1-6(15)14-5/h1-2,7H,3-4H2,(H,13,14,15). The van der Waals surface area contributed by atoms with Crippen molar-refractivity contribution in [1.29, 1.82) is 0 Å². The molecule has 1 rings (SSSR count). The van der Waals surface area contributed by atoms with Gasteiger partial charge < -0.3 is 9.72 Å². The molecule has 0 aliphatic heterocycles. The van der Waals surface area contributed by atoms with Crippen LogP contribution in [0.1, 0.15) is 5.82 Å². The highest BCUT2D eigenvalue weighted by Crippen LogP contribution is 2.22. The van der Waals surface area contributed by atoms with Gasteiger partial charge >= 0.3 is 12.3 Å². The maximum Gasteiger partial charge on any atom is 0.330 e. The molecule has 1 heterocycles. The van der Waals surface area contributed by atoms with Crippen molar-refractivity contribution in [1.82, 2.24) is 9.97 Å². The van der Waals surface area contributed by atoms with Gasteiger partial charge in [-0.25, -0.2) is 13.8 Å². The molecule has 0 atom stereocenters. The molecule has 0 spiro atoms. The molecule has 4 nitrogen and oxygen atoms in total. The summed E-state index contributed by atoms with van der Waals surface area (Å²) in [6, 6.07) is 1.12. The Kier molecular flexibility index (Phi) is 3.99. The lowest BCUT2D eigenvalue weighted by atomic mass is 10.4. The second-order valence-corrected chi connectivity index (χ2v) is 2.94. The lowest BCUT2D eigenvalue weighted by molar-refractivity contribution is -0.168. The number of hydrogen-bond donors (Lipinski definition) is 1. The van der Waals surface area contributed by atoms with Gasteiger partial charge in [-0.15, -0.1) is 0 Å². The van der Waals surface area contributed by atoms with E-state index < -0.39 is 31.1 Å². The van der Waals surface area contributed by atoms with E-state index in [4.69, 9.17) is 0 Å². The van der Waals surface area contributed by atoms with Crippen molar-refractivity contribution in [2.75, 3.05) is 6.61 Å². The summed E-state index contributed by atoms with van der Waals surface area (Å²) in [4.78, 5) is 16.5. The van der Waals surface area contributed by atoms with Crippen LogP contribution < -0.4 is 5.56 Å². The van der Waals surface area contributed by atoms with E-state index in [-0.39, 0.29) is 5.82 Å². The summed E-state index contributed by atoms with van der Waals surface area (Å²) in [6.45, 7) is -1.89. The molecule has 1 N–H and O–H groups in total. The minimum absolute atomic E-state index is 0.00225. The van der Waals surface area contributed by atoms with Gasteiger partial charge in [-0.05, 0) is 0 Å². The van der Waals surface area contributed by atoms with Gasteiger partial charge in [-0.3, -0.25) is 4.79 Å². The molecule has 1 aromatic rings. The first kappa shape index (κ1) is 12.6.